The highest BCUT2D eigenvalue weighted by Crippen LogP contribution is 2.21. The summed E-state index contributed by atoms with van der Waals surface area (Å²) in [6.45, 7) is 2.24. The fourth-order valence-corrected chi connectivity index (χ4v) is 2.30. The van der Waals surface area contributed by atoms with E-state index in [9.17, 15) is 0 Å². The number of rotatable bonds is 5. The van der Waals surface area contributed by atoms with Gasteiger partial charge in [-0.25, -0.2) is 0 Å². The highest BCUT2D eigenvalue weighted by molar-refractivity contribution is 5.37. The van der Waals surface area contributed by atoms with Crippen LogP contribution in [0.1, 0.15) is 49.7 Å². The Kier molecular flexibility index (Phi) is 5.93. The van der Waals surface area contributed by atoms with Crippen LogP contribution in [0.3, 0.4) is 0 Å². The first-order valence-corrected chi connectivity index (χ1v) is 7.51. The summed E-state index contributed by atoms with van der Waals surface area (Å²) in [6, 6.07) is 20.9. The highest BCUT2D eigenvalue weighted by Gasteiger charge is 2.07. The Morgan fingerprint density at radius 2 is 1.50 bits per heavy atom. The molecule has 0 heteroatoms. The Hall–Kier alpha value is -2.00. The molecule has 2 rings (SSSR count). The molecule has 0 N–H and O–H groups in total. The molecule has 0 aromatic heterocycles. The molecule has 0 nitrogen and oxygen atoms in total. The van der Waals surface area contributed by atoms with Crippen molar-refractivity contribution < 1.29 is 0 Å². The zero-order valence-electron chi connectivity index (χ0n) is 12.2. The van der Waals surface area contributed by atoms with Crippen LogP contribution in [0.5, 0.6) is 0 Å². The molecule has 0 radical (unpaired) electrons. The Labute approximate surface area is 122 Å². The van der Waals surface area contributed by atoms with E-state index in [1.807, 2.05) is 18.2 Å². The third-order valence-electron chi connectivity index (χ3n) is 3.46. The molecule has 0 saturated heterocycles. The van der Waals surface area contributed by atoms with Crippen LogP contribution in [0.2, 0.25) is 0 Å². The molecule has 0 aliphatic heterocycles. The van der Waals surface area contributed by atoms with Gasteiger partial charge in [-0.05, 0) is 24.1 Å². The lowest BCUT2D eigenvalue weighted by Crippen LogP contribution is -1.96. The van der Waals surface area contributed by atoms with Crippen molar-refractivity contribution in [2.24, 2.45) is 0 Å². The second-order valence-electron chi connectivity index (χ2n) is 5.09. The highest BCUT2D eigenvalue weighted by atomic mass is 14.1. The first-order chi connectivity index (χ1) is 9.90. The Balaban J connectivity index is 2.13. The minimum atomic E-state index is 0.350. The molecule has 0 bridgehead atoms. The van der Waals surface area contributed by atoms with Crippen LogP contribution >= 0.6 is 0 Å². The molecular formula is C20H22. The zero-order chi connectivity index (χ0) is 14.0. The van der Waals surface area contributed by atoms with Crippen LogP contribution in [-0.2, 0) is 0 Å². The maximum atomic E-state index is 3.46. The summed E-state index contributed by atoms with van der Waals surface area (Å²) in [6.07, 6.45) is 4.95. The third-order valence-corrected chi connectivity index (χ3v) is 3.46. The lowest BCUT2D eigenvalue weighted by molar-refractivity contribution is 0.637. The van der Waals surface area contributed by atoms with Crippen LogP contribution in [0, 0.1) is 11.8 Å². The van der Waals surface area contributed by atoms with Crippen molar-refractivity contribution in [3.05, 3.63) is 71.8 Å². The molecule has 2 aromatic rings. The lowest BCUT2D eigenvalue weighted by atomic mass is 9.93. The van der Waals surface area contributed by atoms with Gasteiger partial charge in [0.25, 0.3) is 0 Å². The summed E-state index contributed by atoms with van der Waals surface area (Å²) in [5, 5.41) is 0. The van der Waals surface area contributed by atoms with Crippen molar-refractivity contribution in [1.29, 1.82) is 0 Å². The van der Waals surface area contributed by atoms with Gasteiger partial charge in [0.15, 0.2) is 0 Å². The maximum absolute atomic E-state index is 3.46. The predicted octanol–water partition coefficient (Wildman–Crippen LogP) is 5.40. The van der Waals surface area contributed by atoms with Crippen LogP contribution in [0.4, 0.5) is 0 Å². The van der Waals surface area contributed by atoms with E-state index in [4.69, 9.17) is 0 Å². The molecule has 20 heavy (non-hydrogen) atoms. The molecule has 0 fully saturated rings. The summed E-state index contributed by atoms with van der Waals surface area (Å²) in [5.41, 5.74) is 2.44. The van der Waals surface area contributed by atoms with Gasteiger partial charge in [0.05, 0.1) is 0 Å². The molecule has 102 valence electrons. The fraction of sp³-hybridized carbons (Fsp3) is 0.300. The van der Waals surface area contributed by atoms with E-state index in [1.54, 1.807) is 0 Å². The van der Waals surface area contributed by atoms with Gasteiger partial charge in [-0.1, -0.05) is 86.6 Å². The molecule has 0 saturated carbocycles. The van der Waals surface area contributed by atoms with Crippen LogP contribution in [0.15, 0.2) is 60.7 Å². The van der Waals surface area contributed by atoms with E-state index in [1.165, 1.54) is 24.8 Å². The van der Waals surface area contributed by atoms with E-state index < -0.39 is 0 Å². The number of unbranched alkanes of at least 4 members (excludes halogenated alkanes) is 2. The van der Waals surface area contributed by atoms with E-state index in [-0.39, 0.29) is 0 Å². The van der Waals surface area contributed by atoms with Crippen molar-refractivity contribution in [2.45, 2.75) is 38.5 Å². The summed E-state index contributed by atoms with van der Waals surface area (Å²) in [4.78, 5) is 0. The van der Waals surface area contributed by atoms with Crippen LogP contribution in [0.25, 0.3) is 0 Å². The Bertz CT molecular complexity index is 543. The molecule has 0 spiro atoms. The SMILES string of the molecule is CCCCC[C@@H](C#Cc1ccccc1)c1ccccc1. The smallest absolute Gasteiger partial charge is 0.0456 e. The topological polar surface area (TPSA) is 0 Å². The number of hydrogen-bond acceptors (Lipinski definition) is 0. The fourth-order valence-electron chi connectivity index (χ4n) is 2.30. The minimum Gasteiger partial charge on any atom is -0.0897 e. The van der Waals surface area contributed by atoms with Gasteiger partial charge >= 0.3 is 0 Å². The average Bonchev–Trinajstić information content (AvgIpc) is 2.52. The van der Waals surface area contributed by atoms with Crippen molar-refractivity contribution in [1.82, 2.24) is 0 Å². The maximum Gasteiger partial charge on any atom is 0.0456 e. The van der Waals surface area contributed by atoms with Gasteiger partial charge in [-0.3, -0.25) is 0 Å². The number of hydrogen-bond donors (Lipinski definition) is 0. The summed E-state index contributed by atoms with van der Waals surface area (Å²) in [5.74, 6) is 7.13. The van der Waals surface area contributed by atoms with Crippen molar-refractivity contribution in [3.63, 3.8) is 0 Å². The van der Waals surface area contributed by atoms with E-state index in [0.29, 0.717) is 5.92 Å². The first-order valence-electron chi connectivity index (χ1n) is 7.51. The van der Waals surface area contributed by atoms with Crippen molar-refractivity contribution in [3.8, 4) is 11.8 Å². The van der Waals surface area contributed by atoms with E-state index >= 15 is 0 Å². The second kappa shape index (κ2) is 8.23. The largest absolute Gasteiger partial charge is 0.0897 e. The van der Waals surface area contributed by atoms with Gasteiger partial charge in [0.2, 0.25) is 0 Å². The van der Waals surface area contributed by atoms with Gasteiger partial charge < -0.3 is 0 Å². The normalized spacial score (nSPS) is 11.4. The molecule has 0 amide bonds. The van der Waals surface area contributed by atoms with Crippen molar-refractivity contribution in [2.75, 3.05) is 0 Å². The average molecular weight is 262 g/mol. The molecule has 2 aromatic carbocycles. The van der Waals surface area contributed by atoms with Gasteiger partial charge in [-0.2, -0.15) is 0 Å². The van der Waals surface area contributed by atoms with E-state index in [2.05, 4.69) is 61.2 Å². The molecule has 0 aliphatic carbocycles. The van der Waals surface area contributed by atoms with E-state index in [0.717, 1.165) is 12.0 Å². The Morgan fingerprint density at radius 3 is 2.15 bits per heavy atom. The first kappa shape index (κ1) is 14.4. The summed E-state index contributed by atoms with van der Waals surface area (Å²) < 4.78 is 0. The standard InChI is InChI=1S/C20H22/c1-2-3-6-13-20(19-14-9-5-10-15-19)17-16-18-11-7-4-8-12-18/h4-5,7-12,14-15,20H,2-3,6,13H2,1H3/t20-/m0/s1. The zero-order valence-corrected chi connectivity index (χ0v) is 12.2. The van der Waals surface area contributed by atoms with Crippen LogP contribution in [-0.4, -0.2) is 0 Å². The summed E-state index contributed by atoms with van der Waals surface area (Å²) in [7, 11) is 0. The second-order valence-corrected chi connectivity index (χ2v) is 5.09. The van der Waals surface area contributed by atoms with Gasteiger partial charge in [-0.15, -0.1) is 0 Å². The minimum absolute atomic E-state index is 0.350. The molecule has 0 heterocycles. The predicted molar refractivity (Wildman–Crippen MR) is 86.6 cm³/mol. The molecule has 1 atom stereocenters. The summed E-state index contributed by atoms with van der Waals surface area (Å²) >= 11 is 0. The van der Waals surface area contributed by atoms with Crippen LogP contribution < -0.4 is 0 Å². The monoisotopic (exact) mass is 262 g/mol. The third kappa shape index (κ3) is 4.59. The molecular weight excluding hydrogens is 240 g/mol. The van der Waals surface area contributed by atoms with Gasteiger partial charge in [0, 0.05) is 11.5 Å². The Morgan fingerprint density at radius 1 is 0.850 bits per heavy atom. The lowest BCUT2D eigenvalue weighted by Gasteiger charge is -2.10. The quantitative estimate of drug-likeness (QED) is 0.500. The number of benzene rings is 2. The van der Waals surface area contributed by atoms with Crippen molar-refractivity contribution >= 4 is 0 Å². The molecule has 0 aliphatic rings. The van der Waals surface area contributed by atoms with Gasteiger partial charge in [0.1, 0.15) is 0 Å². The molecule has 0 unspecified atom stereocenters.